The van der Waals surface area contributed by atoms with E-state index in [1.54, 1.807) is 12.1 Å². The number of ether oxygens (including phenoxy) is 1. The average Bonchev–Trinajstić information content (AvgIpc) is 2.71. The molecule has 0 amide bonds. The summed E-state index contributed by atoms with van der Waals surface area (Å²) in [6.07, 6.45) is 12.0. The fourth-order valence-electron chi connectivity index (χ4n) is 4.40. The number of benzene rings is 1. The second kappa shape index (κ2) is 11.7. The molecule has 2 aliphatic rings. The van der Waals surface area contributed by atoms with Crippen LogP contribution in [0.15, 0.2) is 24.3 Å². The molecule has 0 saturated carbocycles. The van der Waals surface area contributed by atoms with Crippen molar-refractivity contribution in [1.82, 2.24) is 9.80 Å². The van der Waals surface area contributed by atoms with Gasteiger partial charge in [0.25, 0.3) is 0 Å². The van der Waals surface area contributed by atoms with E-state index in [4.69, 9.17) is 4.74 Å². The monoisotopic (exact) mass is 376 g/mol. The lowest BCUT2D eigenvalue weighted by Gasteiger charge is -2.32. The molecule has 1 aromatic carbocycles. The van der Waals surface area contributed by atoms with Gasteiger partial charge in [0.1, 0.15) is 11.6 Å². The Bertz CT molecular complexity index is 508. The normalized spacial score (nSPS) is 20.0. The highest BCUT2D eigenvalue weighted by Crippen LogP contribution is 2.22. The molecule has 0 aromatic heterocycles. The Balaban J connectivity index is 1.18. The quantitative estimate of drug-likeness (QED) is 0.537. The number of unbranched alkanes of at least 4 members (excludes halogenated alkanes) is 2. The third-order valence-electron chi connectivity index (χ3n) is 6.21. The van der Waals surface area contributed by atoms with Crippen LogP contribution in [0.5, 0.6) is 5.75 Å². The Morgan fingerprint density at radius 2 is 1.44 bits per heavy atom. The van der Waals surface area contributed by atoms with Gasteiger partial charge in [0.05, 0.1) is 6.61 Å². The summed E-state index contributed by atoms with van der Waals surface area (Å²) in [5.74, 6) is 1.35. The second-order valence-corrected chi connectivity index (χ2v) is 8.34. The van der Waals surface area contributed by atoms with Gasteiger partial charge in [-0.3, -0.25) is 0 Å². The molecule has 2 aliphatic heterocycles. The van der Waals surface area contributed by atoms with Gasteiger partial charge < -0.3 is 14.5 Å². The summed E-state index contributed by atoms with van der Waals surface area (Å²) in [5, 5.41) is 0. The minimum absolute atomic E-state index is 0.207. The largest absolute Gasteiger partial charge is 0.494 e. The van der Waals surface area contributed by atoms with E-state index in [-0.39, 0.29) is 5.82 Å². The van der Waals surface area contributed by atoms with Gasteiger partial charge in [-0.25, -0.2) is 4.39 Å². The van der Waals surface area contributed by atoms with Crippen molar-refractivity contribution in [3.63, 3.8) is 0 Å². The predicted molar refractivity (Wildman–Crippen MR) is 110 cm³/mol. The first kappa shape index (κ1) is 20.6. The zero-order valence-electron chi connectivity index (χ0n) is 16.9. The van der Waals surface area contributed by atoms with Crippen molar-refractivity contribution in [2.75, 3.05) is 45.9 Å². The third-order valence-corrected chi connectivity index (χ3v) is 6.21. The molecule has 2 saturated heterocycles. The molecule has 0 spiro atoms. The maximum absolute atomic E-state index is 12.9. The molecule has 2 fully saturated rings. The van der Waals surface area contributed by atoms with Crippen LogP contribution < -0.4 is 4.74 Å². The van der Waals surface area contributed by atoms with Crippen molar-refractivity contribution in [3.8, 4) is 5.75 Å². The molecular formula is C23H37FN2O. The lowest BCUT2D eigenvalue weighted by atomic mass is 9.94. The molecule has 0 atom stereocenters. The Kier molecular flexibility index (Phi) is 8.89. The number of hydrogen-bond acceptors (Lipinski definition) is 3. The molecule has 1 aromatic rings. The molecule has 0 unspecified atom stereocenters. The van der Waals surface area contributed by atoms with Crippen LogP contribution in [0.25, 0.3) is 0 Å². The molecule has 0 radical (unpaired) electrons. The number of halogens is 1. The molecule has 0 bridgehead atoms. The summed E-state index contributed by atoms with van der Waals surface area (Å²) in [4.78, 5) is 5.31. The minimum atomic E-state index is -0.207. The molecule has 2 heterocycles. The van der Waals surface area contributed by atoms with Crippen LogP contribution in [0.3, 0.4) is 0 Å². The molecule has 0 aliphatic carbocycles. The Morgan fingerprint density at radius 1 is 0.815 bits per heavy atom. The first-order valence-corrected chi connectivity index (χ1v) is 11.1. The average molecular weight is 377 g/mol. The van der Waals surface area contributed by atoms with E-state index >= 15 is 0 Å². The van der Waals surface area contributed by atoms with E-state index in [2.05, 4.69) is 9.80 Å². The van der Waals surface area contributed by atoms with Gasteiger partial charge in [0.2, 0.25) is 0 Å². The fraction of sp³-hybridized carbons (Fsp3) is 0.739. The molecule has 27 heavy (non-hydrogen) atoms. The highest BCUT2D eigenvalue weighted by molar-refractivity contribution is 5.21. The number of nitrogens with zero attached hydrogens (tertiary/aromatic N) is 2. The molecule has 4 heteroatoms. The maximum atomic E-state index is 12.9. The van der Waals surface area contributed by atoms with E-state index in [0.717, 1.165) is 24.7 Å². The van der Waals surface area contributed by atoms with Gasteiger partial charge in [-0.2, -0.15) is 0 Å². The number of piperidine rings is 2. The summed E-state index contributed by atoms with van der Waals surface area (Å²) < 4.78 is 18.6. The Morgan fingerprint density at radius 3 is 2.11 bits per heavy atom. The minimum Gasteiger partial charge on any atom is -0.494 e. The van der Waals surface area contributed by atoms with Gasteiger partial charge in [-0.05, 0) is 114 Å². The fourth-order valence-corrected chi connectivity index (χ4v) is 4.40. The first-order valence-electron chi connectivity index (χ1n) is 11.1. The lowest BCUT2D eigenvalue weighted by molar-refractivity contribution is 0.160. The van der Waals surface area contributed by atoms with Gasteiger partial charge in [-0.1, -0.05) is 12.8 Å². The van der Waals surface area contributed by atoms with E-state index in [1.165, 1.54) is 103 Å². The van der Waals surface area contributed by atoms with Crippen molar-refractivity contribution in [2.24, 2.45) is 5.92 Å². The smallest absolute Gasteiger partial charge is 0.123 e. The summed E-state index contributed by atoms with van der Waals surface area (Å²) in [6, 6.07) is 6.34. The van der Waals surface area contributed by atoms with Gasteiger partial charge in [-0.15, -0.1) is 0 Å². The molecule has 152 valence electrons. The zero-order chi connectivity index (χ0) is 18.7. The SMILES string of the molecule is Fc1ccc(OCCC2CCN(CCCCCN3CCCCC3)CC2)cc1. The third kappa shape index (κ3) is 7.79. The van der Waals surface area contributed by atoms with Gasteiger partial charge in [0.15, 0.2) is 0 Å². The molecule has 3 nitrogen and oxygen atoms in total. The summed E-state index contributed by atoms with van der Waals surface area (Å²) in [5.41, 5.74) is 0. The van der Waals surface area contributed by atoms with Gasteiger partial charge in [0, 0.05) is 0 Å². The van der Waals surface area contributed by atoms with Gasteiger partial charge >= 0.3 is 0 Å². The van der Waals surface area contributed by atoms with Crippen molar-refractivity contribution in [1.29, 1.82) is 0 Å². The van der Waals surface area contributed by atoms with Crippen LogP contribution >= 0.6 is 0 Å². The van der Waals surface area contributed by atoms with Crippen LogP contribution in [0.4, 0.5) is 4.39 Å². The number of hydrogen-bond donors (Lipinski definition) is 0. The van der Waals surface area contributed by atoms with Crippen molar-refractivity contribution < 1.29 is 9.13 Å². The van der Waals surface area contributed by atoms with Crippen molar-refractivity contribution in [3.05, 3.63) is 30.1 Å². The standard InChI is InChI=1S/C23H37FN2O/c24-22-7-9-23(10-8-22)27-20-13-21-11-18-26(19-12-21)17-6-2-5-16-25-14-3-1-4-15-25/h7-10,21H,1-6,11-20H2. The van der Waals surface area contributed by atoms with Crippen molar-refractivity contribution >= 4 is 0 Å². The first-order chi connectivity index (χ1) is 13.3. The van der Waals surface area contributed by atoms with E-state index in [0.29, 0.717) is 0 Å². The second-order valence-electron chi connectivity index (χ2n) is 8.34. The van der Waals surface area contributed by atoms with Crippen LogP contribution in [0, 0.1) is 11.7 Å². The van der Waals surface area contributed by atoms with Crippen LogP contribution in [-0.2, 0) is 0 Å². The summed E-state index contributed by atoms with van der Waals surface area (Å²) in [7, 11) is 0. The predicted octanol–water partition coefficient (Wildman–Crippen LogP) is 4.96. The van der Waals surface area contributed by atoms with Crippen LogP contribution in [0.2, 0.25) is 0 Å². The summed E-state index contributed by atoms with van der Waals surface area (Å²) >= 11 is 0. The highest BCUT2D eigenvalue weighted by Gasteiger charge is 2.18. The number of rotatable bonds is 10. The molecule has 3 rings (SSSR count). The highest BCUT2D eigenvalue weighted by atomic mass is 19.1. The molecule has 0 N–H and O–H groups in total. The maximum Gasteiger partial charge on any atom is 0.123 e. The summed E-state index contributed by atoms with van der Waals surface area (Å²) in [6.45, 7) is 8.49. The van der Waals surface area contributed by atoms with E-state index < -0.39 is 0 Å². The Hall–Kier alpha value is -1.13. The Labute approximate surface area is 164 Å². The van der Waals surface area contributed by atoms with E-state index in [9.17, 15) is 4.39 Å². The van der Waals surface area contributed by atoms with Crippen LogP contribution in [-0.4, -0.2) is 55.7 Å². The van der Waals surface area contributed by atoms with Crippen LogP contribution in [0.1, 0.15) is 57.8 Å². The van der Waals surface area contributed by atoms with E-state index in [1.807, 2.05) is 0 Å². The zero-order valence-corrected chi connectivity index (χ0v) is 16.9. The topological polar surface area (TPSA) is 15.7 Å². The molecular weight excluding hydrogens is 339 g/mol. The number of likely N-dealkylation sites (tertiary alicyclic amines) is 2. The lowest BCUT2D eigenvalue weighted by Crippen LogP contribution is -2.35. The van der Waals surface area contributed by atoms with Crippen molar-refractivity contribution in [2.45, 2.75) is 57.8 Å².